The lowest BCUT2D eigenvalue weighted by molar-refractivity contribution is 0.0730. The predicted octanol–water partition coefficient (Wildman–Crippen LogP) is 5.49. The van der Waals surface area contributed by atoms with Crippen LogP contribution < -0.4 is 9.64 Å². The lowest BCUT2D eigenvalue weighted by Crippen LogP contribution is -2.38. The zero-order valence-electron chi connectivity index (χ0n) is 21.7. The van der Waals surface area contributed by atoms with E-state index in [-0.39, 0.29) is 17.8 Å². The standard InChI is InChI=1S/C31H32FN3O3/c1-21-3-7-23(8-4-21)31(37)35(19-22-5-11-28(38-2)12-6-22)20-25-17-24-9-10-26(32)18-29(24)33-30(25)34-15-13-27(36)14-16-34/h3-12,17-18,27,36H,13-16,19-20H2,1-2H3. The summed E-state index contributed by atoms with van der Waals surface area (Å²) in [6.07, 6.45) is 0.947. The van der Waals surface area contributed by atoms with Crippen molar-refractivity contribution in [1.82, 2.24) is 9.88 Å². The first-order chi connectivity index (χ1) is 18.4. The van der Waals surface area contributed by atoms with Gasteiger partial charge >= 0.3 is 0 Å². The number of aryl methyl sites for hydroxylation is 1. The Labute approximate surface area is 222 Å². The maximum absolute atomic E-state index is 14.0. The Kier molecular flexibility index (Phi) is 7.56. The first kappa shape index (κ1) is 25.7. The summed E-state index contributed by atoms with van der Waals surface area (Å²) >= 11 is 0. The van der Waals surface area contributed by atoms with Crippen molar-refractivity contribution in [2.45, 2.75) is 39.0 Å². The molecule has 196 valence electrons. The summed E-state index contributed by atoms with van der Waals surface area (Å²) in [5, 5.41) is 10.9. The second-order valence-corrected chi connectivity index (χ2v) is 9.90. The third-order valence-corrected chi connectivity index (χ3v) is 7.08. The number of aliphatic hydroxyl groups is 1. The number of anilines is 1. The smallest absolute Gasteiger partial charge is 0.254 e. The Hall–Kier alpha value is -3.97. The molecule has 0 radical (unpaired) electrons. The van der Waals surface area contributed by atoms with Crippen LogP contribution in [0.5, 0.6) is 5.75 Å². The fraction of sp³-hybridized carbons (Fsp3) is 0.290. The molecule has 0 unspecified atom stereocenters. The Morgan fingerprint density at radius 2 is 1.74 bits per heavy atom. The molecule has 2 heterocycles. The van der Waals surface area contributed by atoms with Gasteiger partial charge in [-0.25, -0.2) is 9.37 Å². The number of halogens is 1. The van der Waals surface area contributed by atoms with Crippen molar-refractivity contribution in [3.8, 4) is 5.75 Å². The van der Waals surface area contributed by atoms with E-state index in [1.807, 2.05) is 66.4 Å². The molecule has 0 saturated carbocycles. The zero-order chi connectivity index (χ0) is 26.6. The number of ether oxygens (including phenoxy) is 1. The van der Waals surface area contributed by atoms with Crippen LogP contribution in [0.2, 0.25) is 0 Å². The second kappa shape index (κ2) is 11.2. The molecule has 5 rings (SSSR count). The summed E-state index contributed by atoms with van der Waals surface area (Å²) in [6.45, 7) is 4.01. The van der Waals surface area contributed by atoms with E-state index in [9.17, 15) is 14.3 Å². The topological polar surface area (TPSA) is 65.9 Å². The van der Waals surface area contributed by atoms with Crippen molar-refractivity contribution >= 4 is 22.6 Å². The van der Waals surface area contributed by atoms with E-state index < -0.39 is 0 Å². The molecule has 1 aromatic heterocycles. The summed E-state index contributed by atoms with van der Waals surface area (Å²) in [5.74, 6) is 1.06. The van der Waals surface area contributed by atoms with Crippen molar-refractivity contribution in [2.24, 2.45) is 0 Å². The van der Waals surface area contributed by atoms with Crippen molar-refractivity contribution < 1.29 is 19.0 Å². The number of methoxy groups -OCH3 is 1. The molecule has 1 amide bonds. The summed E-state index contributed by atoms with van der Waals surface area (Å²) < 4.78 is 19.3. The van der Waals surface area contributed by atoms with Gasteiger partial charge < -0.3 is 19.6 Å². The first-order valence-electron chi connectivity index (χ1n) is 12.9. The van der Waals surface area contributed by atoms with E-state index in [4.69, 9.17) is 9.72 Å². The van der Waals surface area contributed by atoms with Crippen LogP contribution in [0.3, 0.4) is 0 Å². The summed E-state index contributed by atoms with van der Waals surface area (Å²) in [6, 6.07) is 21.9. The van der Waals surface area contributed by atoms with Gasteiger partial charge in [-0.15, -0.1) is 0 Å². The van der Waals surface area contributed by atoms with Gasteiger partial charge in [0, 0.05) is 48.8 Å². The molecule has 6 nitrogen and oxygen atoms in total. The number of fused-ring (bicyclic) bond motifs is 1. The van der Waals surface area contributed by atoms with Crippen molar-refractivity contribution in [3.63, 3.8) is 0 Å². The molecule has 0 aliphatic carbocycles. The van der Waals surface area contributed by atoms with Crippen LogP contribution >= 0.6 is 0 Å². The number of piperidine rings is 1. The molecule has 1 saturated heterocycles. The number of hydrogen-bond acceptors (Lipinski definition) is 5. The van der Waals surface area contributed by atoms with E-state index in [1.54, 1.807) is 13.2 Å². The molecular formula is C31H32FN3O3. The van der Waals surface area contributed by atoms with Crippen LogP contribution in [-0.2, 0) is 13.1 Å². The van der Waals surface area contributed by atoms with Crippen molar-refractivity contribution in [1.29, 1.82) is 0 Å². The van der Waals surface area contributed by atoms with E-state index >= 15 is 0 Å². The Morgan fingerprint density at radius 1 is 1.03 bits per heavy atom. The summed E-state index contributed by atoms with van der Waals surface area (Å²) in [5.41, 5.74) is 4.13. The minimum atomic E-state index is -0.339. The number of aliphatic hydroxyl groups excluding tert-OH is 1. The molecule has 4 aromatic rings. The third kappa shape index (κ3) is 5.78. The summed E-state index contributed by atoms with van der Waals surface area (Å²) in [4.78, 5) is 22.6. The molecule has 3 aromatic carbocycles. The highest BCUT2D eigenvalue weighted by Gasteiger charge is 2.24. The lowest BCUT2D eigenvalue weighted by Gasteiger charge is -2.33. The highest BCUT2D eigenvalue weighted by Crippen LogP contribution is 2.29. The average Bonchev–Trinajstić information content (AvgIpc) is 2.93. The van der Waals surface area contributed by atoms with Gasteiger partial charge in [-0.3, -0.25) is 4.79 Å². The van der Waals surface area contributed by atoms with Crippen LogP contribution in [0.25, 0.3) is 10.9 Å². The number of rotatable bonds is 7. The van der Waals surface area contributed by atoms with Crippen molar-refractivity contribution in [2.75, 3.05) is 25.1 Å². The van der Waals surface area contributed by atoms with Gasteiger partial charge in [0.25, 0.3) is 5.91 Å². The molecule has 7 heteroatoms. The number of carbonyl (C=O) groups is 1. The van der Waals surface area contributed by atoms with Gasteiger partial charge in [0.2, 0.25) is 0 Å². The number of amides is 1. The van der Waals surface area contributed by atoms with Gasteiger partial charge in [0.15, 0.2) is 0 Å². The number of hydrogen-bond donors (Lipinski definition) is 1. The second-order valence-electron chi connectivity index (χ2n) is 9.90. The number of carbonyl (C=O) groups excluding carboxylic acids is 1. The van der Waals surface area contributed by atoms with E-state index in [0.29, 0.717) is 50.1 Å². The minimum absolute atomic E-state index is 0.0833. The van der Waals surface area contributed by atoms with E-state index in [0.717, 1.165) is 33.6 Å². The van der Waals surface area contributed by atoms with Gasteiger partial charge in [-0.05, 0) is 67.8 Å². The molecule has 0 bridgehead atoms. The molecule has 1 fully saturated rings. The highest BCUT2D eigenvalue weighted by molar-refractivity contribution is 5.94. The average molecular weight is 514 g/mol. The predicted molar refractivity (Wildman–Crippen MR) is 147 cm³/mol. The molecule has 1 N–H and O–H groups in total. The zero-order valence-corrected chi connectivity index (χ0v) is 21.7. The number of nitrogens with zero attached hydrogens (tertiary/aromatic N) is 3. The van der Waals surface area contributed by atoms with Gasteiger partial charge in [0.1, 0.15) is 17.4 Å². The Morgan fingerprint density at radius 3 is 2.42 bits per heavy atom. The van der Waals surface area contributed by atoms with Crippen LogP contribution in [0.4, 0.5) is 10.2 Å². The van der Waals surface area contributed by atoms with Gasteiger partial charge in [0.05, 0.1) is 18.7 Å². The fourth-order valence-electron chi connectivity index (χ4n) is 4.88. The monoisotopic (exact) mass is 513 g/mol. The normalized spacial score (nSPS) is 14.1. The summed E-state index contributed by atoms with van der Waals surface area (Å²) in [7, 11) is 1.63. The maximum Gasteiger partial charge on any atom is 0.254 e. The first-order valence-corrected chi connectivity index (χ1v) is 12.9. The van der Waals surface area contributed by atoms with E-state index in [2.05, 4.69) is 4.90 Å². The Bertz CT molecular complexity index is 1420. The van der Waals surface area contributed by atoms with Crippen molar-refractivity contribution in [3.05, 3.63) is 101 Å². The highest BCUT2D eigenvalue weighted by atomic mass is 19.1. The molecule has 1 aliphatic heterocycles. The quantitative estimate of drug-likeness (QED) is 0.354. The SMILES string of the molecule is COc1ccc(CN(Cc2cc3ccc(F)cc3nc2N2CCC(O)CC2)C(=O)c2ccc(C)cc2)cc1. The molecule has 38 heavy (non-hydrogen) atoms. The van der Waals surface area contributed by atoms with Crippen LogP contribution in [-0.4, -0.2) is 47.2 Å². The lowest BCUT2D eigenvalue weighted by atomic mass is 10.0. The largest absolute Gasteiger partial charge is 0.497 e. The number of benzene rings is 3. The van der Waals surface area contributed by atoms with Crippen LogP contribution in [0, 0.1) is 12.7 Å². The molecular weight excluding hydrogens is 481 g/mol. The maximum atomic E-state index is 14.0. The number of pyridine rings is 1. The molecule has 0 atom stereocenters. The fourth-order valence-corrected chi connectivity index (χ4v) is 4.88. The van der Waals surface area contributed by atoms with Gasteiger partial charge in [-0.2, -0.15) is 0 Å². The molecule has 0 spiro atoms. The minimum Gasteiger partial charge on any atom is -0.497 e. The molecule has 1 aliphatic rings. The third-order valence-electron chi connectivity index (χ3n) is 7.08. The Balaban J connectivity index is 1.54. The number of aromatic nitrogens is 1. The van der Waals surface area contributed by atoms with Crippen LogP contribution in [0.1, 0.15) is 39.9 Å². The van der Waals surface area contributed by atoms with Gasteiger partial charge in [-0.1, -0.05) is 29.8 Å². The van der Waals surface area contributed by atoms with E-state index in [1.165, 1.54) is 12.1 Å². The van der Waals surface area contributed by atoms with Crippen LogP contribution in [0.15, 0.2) is 72.8 Å².